The van der Waals surface area contributed by atoms with Crippen LogP contribution in [0.2, 0.25) is 0 Å². The van der Waals surface area contributed by atoms with Gasteiger partial charge in [0.1, 0.15) is 0 Å². The molecule has 0 fully saturated rings. The average molecular weight is 160 g/mol. The van der Waals surface area contributed by atoms with E-state index < -0.39 is 0 Å². The fourth-order valence-corrected chi connectivity index (χ4v) is 0. The first-order valence-electron chi connectivity index (χ1n) is 0.129. The second-order valence-corrected chi connectivity index (χ2v) is 0. The van der Waals surface area contributed by atoms with E-state index in [4.69, 9.17) is 3.90 Å². The van der Waals surface area contributed by atoms with E-state index in [1.165, 1.54) is 0 Å². The molecular formula is H2MgNi2O. The Balaban J connectivity index is -0.00000000500. The predicted octanol–water partition coefficient (Wildman–Crippen LogP) is -1.04. The van der Waals surface area contributed by atoms with Crippen LogP contribution in [0.1, 0.15) is 0 Å². The summed E-state index contributed by atoms with van der Waals surface area (Å²) in [5, 5.41) is 0. The van der Waals surface area contributed by atoms with Gasteiger partial charge < -0.3 is 0 Å². The van der Waals surface area contributed by atoms with Crippen LogP contribution in [0, 0.1) is 0 Å². The van der Waals surface area contributed by atoms with Crippen LogP contribution in [-0.2, 0) is 35.8 Å². The van der Waals surface area contributed by atoms with Crippen molar-refractivity contribution in [1.29, 1.82) is 0 Å². The molecule has 0 unspecified atom stereocenters. The van der Waals surface area contributed by atoms with E-state index in [0.717, 1.165) is 0 Å². The molecule has 0 saturated carbocycles. The van der Waals surface area contributed by atoms with Gasteiger partial charge in [0.25, 0.3) is 0 Å². The molecule has 0 saturated heterocycles. The molecule has 0 bridgehead atoms. The third-order valence-corrected chi connectivity index (χ3v) is 0. The zero-order valence-corrected chi connectivity index (χ0v) is 3.02. The van der Waals surface area contributed by atoms with Crippen LogP contribution in [0.4, 0.5) is 0 Å². The predicted molar refractivity (Wildman–Crippen MR) is 9.23 cm³/mol. The summed E-state index contributed by atoms with van der Waals surface area (Å²) in [5.74, 6) is 0. The van der Waals surface area contributed by atoms with Crippen molar-refractivity contribution < 1.29 is 35.8 Å². The van der Waals surface area contributed by atoms with Crippen molar-refractivity contribution in [3.8, 4) is 0 Å². The topological polar surface area (TPSA) is 17.1 Å². The number of hydrogen-bond acceptors (Lipinski definition) is 1. The molecule has 0 aliphatic heterocycles. The molecule has 0 spiro atoms. The summed E-state index contributed by atoms with van der Waals surface area (Å²) in [4.78, 5) is 0. The SMILES string of the molecule is [MgH2].[Ni].[O]=[Ni]. The molecule has 0 aliphatic carbocycles. The Hall–Kier alpha value is 1.55. The molecule has 0 N–H and O–H groups in total. The molecule has 0 aromatic heterocycles. The molecule has 0 radical (unpaired) electrons. The normalized spacial score (nSPS) is 1.50. The molecule has 0 aliphatic rings. The van der Waals surface area contributed by atoms with Gasteiger partial charge in [-0.2, -0.15) is 0 Å². The van der Waals surface area contributed by atoms with Crippen LogP contribution in [0.3, 0.4) is 0 Å². The van der Waals surface area contributed by atoms with E-state index in [2.05, 4.69) is 15.4 Å². The van der Waals surface area contributed by atoms with E-state index in [1.54, 1.807) is 0 Å². The van der Waals surface area contributed by atoms with Crippen molar-refractivity contribution in [2.24, 2.45) is 0 Å². The Morgan fingerprint density at radius 3 is 1.25 bits per heavy atom. The molecule has 0 heterocycles. The van der Waals surface area contributed by atoms with Crippen LogP contribution >= 0.6 is 0 Å². The van der Waals surface area contributed by atoms with E-state index in [9.17, 15) is 0 Å². The van der Waals surface area contributed by atoms with E-state index in [0.29, 0.717) is 0 Å². The molecule has 0 aromatic rings. The third-order valence-electron chi connectivity index (χ3n) is 0. The minimum absolute atomic E-state index is 0. The van der Waals surface area contributed by atoms with Crippen LogP contribution in [0.15, 0.2) is 0 Å². The molecule has 0 atom stereocenters. The second kappa shape index (κ2) is 23.8. The van der Waals surface area contributed by atoms with Gasteiger partial charge in [0, 0.05) is 16.5 Å². The van der Waals surface area contributed by atoms with Crippen LogP contribution in [-0.4, -0.2) is 23.1 Å². The van der Waals surface area contributed by atoms with Crippen molar-refractivity contribution in [3.05, 3.63) is 0 Å². The van der Waals surface area contributed by atoms with Crippen molar-refractivity contribution in [2.75, 3.05) is 0 Å². The van der Waals surface area contributed by atoms with Gasteiger partial charge in [-0.15, -0.1) is 0 Å². The van der Waals surface area contributed by atoms with Crippen molar-refractivity contribution >= 4 is 23.1 Å². The summed E-state index contributed by atoms with van der Waals surface area (Å²) >= 11 is 2.62. The second-order valence-electron chi connectivity index (χ2n) is 0. The number of hydrogen-bond donors (Lipinski definition) is 0. The summed E-state index contributed by atoms with van der Waals surface area (Å²) in [5.41, 5.74) is 0. The monoisotopic (exact) mass is 158 g/mol. The van der Waals surface area contributed by atoms with Gasteiger partial charge in [0.15, 0.2) is 0 Å². The van der Waals surface area contributed by atoms with E-state index in [1.807, 2.05) is 0 Å². The summed E-state index contributed by atoms with van der Waals surface area (Å²) in [6.07, 6.45) is 0. The minimum atomic E-state index is 0. The Morgan fingerprint density at radius 2 is 1.25 bits per heavy atom. The van der Waals surface area contributed by atoms with Crippen LogP contribution in [0.25, 0.3) is 0 Å². The quantitative estimate of drug-likeness (QED) is 0.413. The molecule has 1 nitrogen and oxygen atoms in total. The fraction of sp³-hybridized carbons (Fsp3) is 0. The number of rotatable bonds is 0. The molecule has 0 aromatic carbocycles. The Morgan fingerprint density at radius 1 is 1.25 bits per heavy atom. The average Bonchev–Trinajstić information content (AvgIpc) is 1.00. The summed E-state index contributed by atoms with van der Waals surface area (Å²) in [7, 11) is 0. The first-order valence-corrected chi connectivity index (χ1v) is 0.532. The molecule has 30 valence electrons. The maximum atomic E-state index is 7.88. The molecular weight excluding hydrogens is 158 g/mol. The van der Waals surface area contributed by atoms with Crippen LogP contribution in [0.5, 0.6) is 0 Å². The van der Waals surface area contributed by atoms with Crippen LogP contribution < -0.4 is 0 Å². The van der Waals surface area contributed by atoms with Gasteiger partial charge in [0.05, 0.1) is 0 Å². The summed E-state index contributed by atoms with van der Waals surface area (Å²) in [6.45, 7) is 0. The van der Waals surface area contributed by atoms with Crippen molar-refractivity contribution in [2.45, 2.75) is 0 Å². The first-order chi connectivity index (χ1) is 1.00. The Labute approximate surface area is 58.5 Å². The van der Waals surface area contributed by atoms with Crippen molar-refractivity contribution in [1.82, 2.24) is 0 Å². The summed E-state index contributed by atoms with van der Waals surface area (Å²) < 4.78 is 7.88. The Kier molecular flexibility index (Phi) is 105. The molecule has 0 rings (SSSR count). The maximum absolute atomic E-state index is 7.88. The van der Waals surface area contributed by atoms with Gasteiger partial charge in [0.2, 0.25) is 0 Å². The van der Waals surface area contributed by atoms with Gasteiger partial charge in [-0.3, -0.25) is 0 Å². The van der Waals surface area contributed by atoms with Gasteiger partial charge in [-0.25, -0.2) is 0 Å². The molecule has 4 heteroatoms. The fourth-order valence-electron chi connectivity index (χ4n) is 0. The van der Waals surface area contributed by atoms with E-state index >= 15 is 0 Å². The summed E-state index contributed by atoms with van der Waals surface area (Å²) in [6, 6.07) is 0. The standard InChI is InChI=1S/Mg.2Ni.O.2H. The van der Waals surface area contributed by atoms with Gasteiger partial charge >= 0.3 is 42.3 Å². The third kappa shape index (κ3) is 9.60. The van der Waals surface area contributed by atoms with Gasteiger partial charge in [-0.1, -0.05) is 0 Å². The first kappa shape index (κ1) is 17.7. The molecule has 4 heavy (non-hydrogen) atoms. The molecule has 0 amide bonds. The zero-order valence-electron chi connectivity index (χ0n) is 1.04. The Bertz CT molecular complexity index is 6.00. The zero-order chi connectivity index (χ0) is 2.00. The van der Waals surface area contributed by atoms with E-state index in [-0.39, 0.29) is 39.5 Å². The van der Waals surface area contributed by atoms with Gasteiger partial charge in [-0.05, 0) is 0 Å². The van der Waals surface area contributed by atoms with Crippen molar-refractivity contribution in [3.63, 3.8) is 0 Å².